The number of hydrogen-bond acceptors (Lipinski definition) is 6. The Labute approximate surface area is 150 Å². The van der Waals surface area contributed by atoms with Crippen molar-refractivity contribution in [2.75, 3.05) is 0 Å². The summed E-state index contributed by atoms with van der Waals surface area (Å²) in [5.41, 5.74) is 1.91. The first-order valence-corrected chi connectivity index (χ1v) is 8.66. The average molecular weight is 352 g/mol. The summed E-state index contributed by atoms with van der Waals surface area (Å²) in [6.45, 7) is 1.86. The molecule has 3 aromatic heterocycles. The molecule has 1 aliphatic carbocycles. The van der Waals surface area contributed by atoms with Gasteiger partial charge < -0.3 is 10.4 Å². The highest BCUT2D eigenvalue weighted by Crippen LogP contribution is 2.31. The molecule has 8 nitrogen and oxygen atoms in total. The van der Waals surface area contributed by atoms with Gasteiger partial charge >= 0.3 is 0 Å². The van der Waals surface area contributed by atoms with Crippen molar-refractivity contribution in [1.29, 1.82) is 0 Å². The summed E-state index contributed by atoms with van der Waals surface area (Å²) >= 11 is 0. The minimum Gasteiger partial charge on any atom is -0.393 e. The van der Waals surface area contributed by atoms with E-state index >= 15 is 0 Å². The van der Waals surface area contributed by atoms with Crippen LogP contribution in [0.5, 0.6) is 0 Å². The standard InChI is InChI=1S/C18H20N6O2/c1-11-4-7-24-16(22-23-18(24)20-11)17(26)21-15(13-9-14(25)10-13)8-12-2-5-19-6-3-12/h2-7,13-15,25H,8-10H2,1H3,(H,21,26)/t13?,14?,15-/m1/s1. The quantitative estimate of drug-likeness (QED) is 0.708. The minimum absolute atomic E-state index is 0.0842. The zero-order chi connectivity index (χ0) is 18.1. The maximum absolute atomic E-state index is 12.8. The van der Waals surface area contributed by atoms with E-state index in [2.05, 4.69) is 25.5 Å². The third kappa shape index (κ3) is 3.28. The van der Waals surface area contributed by atoms with Crippen LogP contribution in [0.2, 0.25) is 0 Å². The number of amides is 1. The highest BCUT2D eigenvalue weighted by atomic mass is 16.3. The van der Waals surface area contributed by atoms with E-state index in [1.807, 2.05) is 25.1 Å². The molecular formula is C18H20N6O2. The molecule has 1 aliphatic rings. The molecule has 1 atom stereocenters. The molecule has 0 aliphatic heterocycles. The fourth-order valence-electron chi connectivity index (χ4n) is 3.33. The summed E-state index contributed by atoms with van der Waals surface area (Å²) < 4.78 is 1.58. The first-order chi connectivity index (χ1) is 12.6. The van der Waals surface area contributed by atoms with Gasteiger partial charge in [-0.3, -0.25) is 14.2 Å². The third-order valence-corrected chi connectivity index (χ3v) is 4.86. The largest absolute Gasteiger partial charge is 0.393 e. The van der Waals surface area contributed by atoms with Gasteiger partial charge in [0.1, 0.15) is 0 Å². The van der Waals surface area contributed by atoms with E-state index < -0.39 is 0 Å². The fourth-order valence-corrected chi connectivity index (χ4v) is 3.33. The minimum atomic E-state index is -0.288. The predicted molar refractivity (Wildman–Crippen MR) is 93.4 cm³/mol. The summed E-state index contributed by atoms with van der Waals surface area (Å²) in [5.74, 6) is 0.567. The SMILES string of the molecule is Cc1ccn2c(C(=O)N[C@H](Cc3ccncc3)C3CC(O)C3)nnc2n1. The second-order valence-electron chi connectivity index (χ2n) is 6.79. The zero-order valence-corrected chi connectivity index (χ0v) is 14.4. The Bertz CT molecular complexity index is 920. The lowest BCUT2D eigenvalue weighted by molar-refractivity contribution is 0.0238. The van der Waals surface area contributed by atoms with Gasteiger partial charge in [-0.25, -0.2) is 4.98 Å². The van der Waals surface area contributed by atoms with Gasteiger partial charge in [-0.15, -0.1) is 10.2 Å². The molecule has 0 bridgehead atoms. The van der Waals surface area contributed by atoms with Crippen molar-refractivity contribution in [3.05, 3.63) is 53.9 Å². The number of carbonyl (C=O) groups excluding carboxylic acids is 1. The van der Waals surface area contributed by atoms with Gasteiger partial charge in [-0.2, -0.15) is 0 Å². The highest BCUT2D eigenvalue weighted by molar-refractivity contribution is 5.91. The topological polar surface area (TPSA) is 105 Å². The second-order valence-corrected chi connectivity index (χ2v) is 6.79. The van der Waals surface area contributed by atoms with Crippen LogP contribution in [0.1, 0.15) is 34.7 Å². The second kappa shape index (κ2) is 6.80. The molecule has 2 N–H and O–H groups in total. The lowest BCUT2D eigenvalue weighted by Crippen LogP contribution is -2.48. The normalized spacial score (nSPS) is 20.5. The van der Waals surface area contributed by atoms with Crippen LogP contribution in [-0.4, -0.2) is 47.7 Å². The molecule has 1 amide bonds. The molecular weight excluding hydrogens is 332 g/mol. The Morgan fingerprint density at radius 3 is 2.81 bits per heavy atom. The number of pyridine rings is 1. The van der Waals surface area contributed by atoms with Gasteiger partial charge in [0.25, 0.3) is 11.7 Å². The third-order valence-electron chi connectivity index (χ3n) is 4.86. The molecule has 0 aromatic carbocycles. The van der Waals surface area contributed by atoms with Crippen molar-refractivity contribution >= 4 is 11.7 Å². The van der Waals surface area contributed by atoms with Gasteiger partial charge in [0.2, 0.25) is 5.82 Å². The van der Waals surface area contributed by atoms with Crippen LogP contribution in [0.3, 0.4) is 0 Å². The van der Waals surface area contributed by atoms with E-state index in [0.29, 0.717) is 25.0 Å². The van der Waals surface area contributed by atoms with Crippen molar-refractivity contribution in [3.8, 4) is 0 Å². The predicted octanol–water partition coefficient (Wildman–Crippen LogP) is 0.940. The van der Waals surface area contributed by atoms with Gasteiger partial charge in [0, 0.05) is 30.3 Å². The molecule has 0 unspecified atom stereocenters. The first-order valence-electron chi connectivity index (χ1n) is 8.66. The number of hydrogen-bond donors (Lipinski definition) is 2. The summed E-state index contributed by atoms with van der Waals surface area (Å²) in [5, 5.41) is 20.7. The maximum atomic E-state index is 12.8. The number of rotatable bonds is 5. The fraction of sp³-hybridized carbons (Fsp3) is 0.389. The molecule has 1 fully saturated rings. The van der Waals surface area contributed by atoms with Crippen molar-refractivity contribution in [1.82, 2.24) is 29.9 Å². The average Bonchev–Trinajstić information content (AvgIpc) is 3.02. The Kier molecular flexibility index (Phi) is 4.34. The smallest absolute Gasteiger partial charge is 0.289 e. The van der Waals surface area contributed by atoms with Crippen LogP contribution in [0, 0.1) is 12.8 Å². The molecule has 0 spiro atoms. The highest BCUT2D eigenvalue weighted by Gasteiger charge is 2.35. The number of aliphatic hydroxyl groups is 1. The lowest BCUT2D eigenvalue weighted by Gasteiger charge is -2.38. The van der Waals surface area contributed by atoms with Gasteiger partial charge in [0.15, 0.2) is 0 Å². The molecule has 26 heavy (non-hydrogen) atoms. The van der Waals surface area contributed by atoms with E-state index in [-0.39, 0.29) is 29.8 Å². The zero-order valence-electron chi connectivity index (χ0n) is 14.4. The van der Waals surface area contributed by atoms with E-state index in [9.17, 15) is 9.90 Å². The van der Waals surface area contributed by atoms with Crippen LogP contribution in [0.15, 0.2) is 36.8 Å². The molecule has 4 rings (SSSR count). The molecule has 0 saturated heterocycles. The number of aliphatic hydroxyl groups excluding tert-OH is 1. The molecule has 134 valence electrons. The molecule has 0 radical (unpaired) electrons. The lowest BCUT2D eigenvalue weighted by atomic mass is 9.75. The summed E-state index contributed by atoms with van der Waals surface area (Å²) in [6.07, 6.45) is 7.01. The van der Waals surface area contributed by atoms with Crippen LogP contribution >= 0.6 is 0 Å². The van der Waals surface area contributed by atoms with Gasteiger partial charge in [0.05, 0.1) is 6.10 Å². The van der Waals surface area contributed by atoms with Crippen LogP contribution in [0.4, 0.5) is 0 Å². The van der Waals surface area contributed by atoms with Crippen LogP contribution in [0.25, 0.3) is 5.78 Å². The van der Waals surface area contributed by atoms with E-state index in [1.165, 1.54) is 0 Å². The van der Waals surface area contributed by atoms with E-state index in [4.69, 9.17) is 0 Å². The summed E-state index contributed by atoms with van der Waals surface area (Å²) in [6, 6.07) is 5.60. The number of fused-ring (bicyclic) bond motifs is 1. The Morgan fingerprint density at radius 2 is 2.08 bits per heavy atom. The molecule has 3 heterocycles. The van der Waals surface area contributed by atoms with Crippen molar-refractivity contribution < 1.29 is 9.90 Å². The monoisotopic (exact) mass is 352 g/mol. The van der Waals surface area contributed by atoms with Crippen molar-refractivity contribution in [2.45, 2.75) is 38.3 Å². The Morgan fingerprint density at radius 1 is 1.31 bits per heavy atom. The first kappa shape index (κ1) is 16.6. The van der Waals surface area contributed by atoms with Gasteiger partial charge in [-0.05, 0) is 55.9 Å². The number of nitrogens with zero attached hydrogens (tertiary/aromatic N) is 5. The number of carbonyl (C=O) groups is 1. The number of aromatic nitrogens is 5. The van der Waals surface area contributed by atoms with Crippen LogP contribution in [-0.2, 0) is 6.42 Å². The number of nitrogens with one attached hydrogen (secondary N) is 1. The van der Waals surface area contributed by atoms with Crippen LogP contribution < -0.4 is 5.32 Å². The van der Waals surface area contributed by atoms with Crippen molar-refractivity contribution in [3.63, 3.8) is 0 Å². The molecule has 1 saturated carbocycles. The number of aryl methyl sites for hydroxylation is 1. The molecule has 3 aromatic rings. The summed E-state index contributed by atoms with van der Waals surface area (Å²) in [7, 11) is 0. The van der Waals surface area contributed by atoms with Gasteiger partial charge in [-0.1, -0.05) is 0 Å². The Hall–Kier alpha value is -2.87. The maximum Gasteiger partial charge on any atom is 0.289 e. The van der Waals surface area contributed by atoms with E-state index in [1.54, 1.807) is 23.0 Å². The molecule has 8 heteroatoms. The summed E-state index contributed by atoms with van der Waals surface area (Å²) in [4.78, 5) is 21.1. The van der Waals surface area contributed by atoms with E-state index in [0.717, 1.165) is 11.3 Å². The van der Waals surface area contributed by atoms with Crippen molar-refractivity contribution in [2.24, 2.45) is 5.92 Å². The Balaban J connectivity index is 1.55.